The van der Waals surface area contributed by atoms with E-state index in [-0.39, 0.29) is 18.4 Å². The van der Waals surface area contributed by atoms with Crippen molar-refractivity contribution in [3.63, 3.8) is 0 Å². The number of hydrogen-bond donors (Lipinski definition) is 2. The first-order valence-electron chi connectivity index (χ1n) is 6.59. The minimum Gasteiger partial charge on any atom is -0.468 e. The van der Waals surface area contributed by atoms with E-state index in [2.05, 4.69) is 15.4 Å². The van der Waals surface area contributed by atoms with Crippen molar-refractivity contribution >= 4 is 17.6 Å². The largest absolute Gasteiger partial charge is 0.468 e. The molecule has 1 unspecified atom stereocenters. The molecule has 0 fully saturated rings. The highest BCUT2D eigenvalue weighted by Crippen LogP contribution is 2.13. The summed E-state index contributed by atoms with van der Waals surface area (Å²) in [6.45, 7) is 3.67. The van der Waals surface area contributed by atoms with Crippen molar-refractivity contribution in [1.29, 1.82) is 5.26 Å². The maximum atomic E-state index is 11.9. The fraction of sp³-hybridized carbons (Fsp3) is 0.400. The monoisotopic (exact) mass is 289 g/mol. The number of carbonyl (C=O) groups excluding carboxylic acids is 2. The molecule has 6 heteroatoms. The first kappa shape index (κ1) is 16.7. The van der Waals surface area contributed by atoms with Crippen LogP contribution in [0.15, 0.2) is 24.3 Å². The van der Waals surface area contributed by atoms with Crippen molar-refractivity contribution in [2.24, 2.45) is 5.92 Å². The second-order valence-electron chi connectivity index (χ2n) is 4.83. The summed E-state index contributed by atoms with van der Waals surface area (Å²) in [5.41, 5.74) is 0.838. The van der Waals surface area contributed by atoms with E-state index >= 15 is 0 Å². The lowest BCUT2D eigenvalue weighted by Crippen LogP contribution is -2.45. The summed E-state index contributed by atoms with van der Waals surface area (Å²) in [5, 5.41) is 14.4. The third-order valence-electron chi connectivity index (χ3n) is 2.93. The number of carbonyl (C=O) groups is 2. The molecule has 2 N–H and O–H groups in total. The molecule has 0 saturated heterocycles. The summed E-state index contributed by atoms with van der Waals surface area (Å²) in [5.74, 6) is -0.737. The summed E-state index contributed by atoms with van der Waals surface area (Å²) in [7, 11) is 1.31. The van der Waals surface area contributed by atoms with Gasteiger partial charge >= 0.3 is 5.97 Å². The quantitative estimate of drug-likeness (QED) is 0.770. The lowest BCUT2D eigenvalue weighted by atomic mass is 10.0. The average Bonchev–Trinajstić information content (AvgIpc) is 2.47. The first-order chi connectivity index (χ1) is 9.99. The first-order valence-corrected chi connectivity index (χ1v) is 6.59. The molecular formula is C15H19N3O3. The van der Waals surface area contributed by atoms with Crippen molar-refractivity contribution in [3.8, 4) is 6.07 Å². The van der Waals surface area contributed by atoms with Gasteiger partial charge in [0.1, 0.15) is 12.1 Å². The van der Waals surface area contributed by atoms with E-state index in [9.17, 15) is 9.59 Å². The zero-order chi connectivity index (χ0) is 15.8. The third kappa shape index (κ3) is 4.89. The Balaban J connectivity index is 2.62. The van der Waals surface area contributed by atoms with Crippen molar-refractivity contribution in [2.75, 3.05) is 19.0 Å². The molecular weight excluding hydrogens is 270 g/mol. The average molecular weight is 289 g/mol. The number of nitrogens with zero attached hydrogens (tertiary/aromatic N) is 1. The van der Waals surface area contributed by atoms with Gasteiger partial charge in [-0.1, -0.05) is 26.0 Å². The zero-order valence-corrected chi connectivity index (χ0v) is 12.3. The summed E-state index contributed by atoms with van der Waals surface area (Å²) in [4.78, 5) is 23.4. The fourth-order valence-electron chi connectivity index (χ4n) is 1.80. The number of methoxy groups -OCH3 is 1. The minimum atomic E-state index is -0.549. The molecule has 0 aliphatic rings. The summed E-state index contributed by atoms with van der Waals surface area (Å²) < 4.78 is 4.68. The van der Waals surface area contributed by atoms with Crippen LogP contribution in [0.2, 0.25) is 0 Å². The van der Waals surface area contributed by atoms with E-state index in [0.29, 0.717) is 11.3 Å². The van der Waals surface area contributed by atoms with Gasteiger partial charge in [-0.05, 0) is 18.1 Å². The second-order valence-corrected chi connectivity index (χ2v) is 4.83. The molecule has 21 heavy (non-hydrogen) atoms. The molecule has 1 aromatic rings. The van der Waals surface area contributed by atoms with Crippen LogP contribution in [-0.2, 0) is 14.3 Å². The molecule has 0 aromatic heterocycles. The smallest absolute Gasteiger partial charge is 0.323 e. The Hall–Kier alpha value is -2.39. The second kappa shape index (κ2) is 8.02. The molecule has 0 aliphatic heterocycles. The minimum absolute atomic E-state index is 0.00311. The molecule has 1 aromatic carbocycles. The van der Waals surface area contributed by atoms with E-state index in [1.165, 1.54) is 7.11 Å². The molecule has 1 rings (SSSR count). The summed E-state index contributed by atoms with van der Waals surface area (Å²) in [6.07, 6.45) is 0. The standard InChI is InChI=1S/C15H19N3O3/c1-10(2)14(15(20)21-3)17-9-13(19)18-12-7-5-4-6-11(12)8-16/h4-7,10,14,17H,9H2,1-3H3,(H,18,19). The predicted octanol–water partition coefficient (Wildman–Crippen LogP) is 1.28. The van der Waals surface area contributed by atoms with Gasteiger partial charge in [-0.25, -0.2) is 0 Å². The third-order valence-corrected chi connectivity index (χ3v) is 2.93. The normalized spacial score (nSPS) is 11.6. The van der Waals surface area contributed by atoms with Gasteiger partial charge in [0, 0.05) is 0 Å². The van der Waals surface area contributed by atoms with Crippen molar-refractivity contribution in [3.05, 3.63) is 29.8 Å². The van der Waals surface area contributed by atoms with Crippen LogP contribution >= 0.6 is 0 Å². The van der Waals surface area contributed by atoms with Gasteiger partial charge < -0.3 is 10.1 Å². The fourth-order valence-corrected chi connectivity index (χ4v) is 1.80. The van der Waals surface area contributed by atoms with Gasteiger partial charge in [-0.2, -0.15) is 5.26 Å². The number of para-hydroxylation sites is 1. The SMILES string of the molecule is COC(=O)C(NCC(=O)Nc1ccccc1C#N)C(C)C. The molecule has 0 spiro atoms. The number of benzene rings is 1. The maximum absolute atomic E-state index is 11.9. The van der Waals surface area contributed by atoms with E-state index < -0.39 is 12.0 Å². The van der Waals surface area contributed by atoms with Crippen molar-refractivity contribution in [1.82, 2.24) is 5.32 Å². The van der Waals surface area contributed by atoms with E-state index in [1.807, 2.05) is 19.9 Å². The number of anilines is 1. The lowest BCUT2D eigenvalue weighted by molar-refractivity contribution is -0.144. The van der Waals surface area contributed by atoms with Gasteiger partial charge in [-0.15, -0.1) is 0 Å². The molecule has 6 nitrogen and oxygen atoms in total. The van der Waals surface area contributed by atoms with Crippen LogP contribution in [0, 0.1) is 17.2 Å². The molecule has 0 saturated carbocycles. The highest BCUT2D eigenvalue weighted by Gasteiger charge is 2.23. The molecule has 1 amide bonds. The summed E-state index contributed by atoms with van der Waals surface area (Å²) >= 11 is 0. The van der Waals surface area contributed by atoms with Crippen molar-refractivity contribution in [2.45, 2.75) is 19.9 Å². The van der Waals surface area contributed by atoms with Gasteiger partial charge in [0.05, 0.1) is 24.9 Å². The number of nitrogens with one attached hydrogen (secondary N) is 2. The number of rotatable bonds is 6. The number of amides is 1. The van der Waals surface area contributed by atoms with Crippen LogP contribution in [0.1, 0.15) is 19.4 Å². The molecule has 0 heterocycles. The maximum Gasteiger partial charge on any atom is 0.323 e. The topological polar surface area (TPSA) is 91.2 Å². The highest BCUT2D eigenvalue weighted by atomic mass is 16.5. The molecule has 1 atom stereocenters. The Morgan fingerprint density at radius 1 is 1.33 bits per heavy atom. The van der Waals surface area contributed by atoms with E-state index in [0.717, 1.165) is 0 Å². The number of esters is 1. The van der Waals surface area contributed by atoms with Crippen molar-refractivity contribution < 1.29 is 14.3 Å². The Morgan fingerprint density at radius 3 is 2.57 bits per heavy atom. The Morgan fingerprint density at radius 2 is 2.00 bits per heavy atom. The van der Waals surface area contributed by atoms with Crippen LogP contribution in [-0.4, -0.2) is 31.6 Å². The number of hydrogen-bond acceptors (Lipinski definition) is 5. The molecule has 112 valence electrons. The molecule has 0 aliphatic carbocycles. The Bertz CT molecular complexity index is 549. The van der Waals surface area contributed by atoms with Gasteiger partial charge in [-0.3, -0.25) is 14.9 Å². The predicted molar refractivity (Wildman–Crippen MR) is 78.4 cm³/mol. The van der Waals surface area contributed by atoms with Crippen LogP contribution in [0.4, 0.5) is 5.69 Å². The zero-order valence-electron chi connectivity index (χ0n) is 12.3. The molecule has 0 radical (unpaired) electrons. The van der Waals surface area contributed by atoms with Crippen LogP contribution in [0.5, 0.6) is 0 Å². The van der Waals surface area contributed by atoms with Gasteiger partial charge in [0.2, 0.25) is 5.91 Å². The van der Waals surface area contributed by atoms with E-state index in [1.54, 1.807) is 24.3 Å². The Kier molecular flexibility index (Phi) is 6.37. The number of ether oxygens (including phenoxy) is 1. The van der Waals surface area contributed by atoms with Crippen LogP contribution in [0.3, 0.4) is 0 Å². The highest BCUT2D eigenvalue weighted by molar-refractivity contribution is 5.93. The van der Waals surface area contributed by atoms with E-state index in [4.69, 9.17) is 5.26 Å². The van der Waals surface area contributed by atoms with Crippen LogP contribution < -0.4 is 10.6 Å². The number of nitriles is 1. The molecule has 0 bridgehead atoms. The van der Waals surface area contributed by atoms with Gasteiger partial charge in [0.15, 0.2) is 0 Å². The van der Waals surface area contributed by atoms with Gasteiger partial charge in [0.25, 0.3) is 0 Å². The van der Waals surface area contributed by atoms with Crippen LogP contribution in [0.25, 0.3) is 0 Å². The Labute approximate surface area is 124 Å². The lowest BCUT2D eigenvalue weighted by Gasteiger charge is -2.19. The summed E-state index contributed by atoms with van der Waals surface area (Å²) in [6, 6.07) is 8.17.